The van der Waals surface area contributed by atoms with Crippen LogP contribution in [0.1, 0.15) is 61.8 Å². The number of unbranched alkanes of at least 4 members (excludes halogenated alkanes) is 1. The molecule has 0 aliphatic rings. The van der Waals surface area contributed by atoms with Crippen LogP contribution in [-0.4, -0.2) is 119 Å². The Bertz CT molecular complexity index is 1740. The second kappa shape index (κ2) is 27.7. The van der Waals surface area contributed by atoms with Crippen molar-refractivity contribution in [1.29, 1.82) is 0 Å². The van der Waals surface area contributed by atoms with Crippen LogP contribution >= 0.6 is 0 Å². The molecule has 0 saturated heterocycles. The van der Waals surface area contributed by atoms with Gasteiger partial charge in [0.2, 0.25) is 0 Å². The molecule has 0 bridgehead atoms. The first-order chi connectivity index (χ1) is 30.1. The average molecular weight is 855 g/mol. The number of aliphatic hydroxyl groups excluding tert-OH is 2. The standard InChI is InChI=1S/C48H62N4O10/c1-3-49(45(55)59-35-39-19-9-5-10-20-39)31-27-43(53)33-51(47(57)61-37-41-23-13-7-14-24-41)29-17-18-30-52(48(58)62-38-42-25-15-8-16-26-42)34-44(54)28-32-50(4-2)46(56)60-36-40-21-11-6-12-22-40/h5-16,19-26,43-44,53-54H,3-4,17-18,27-38H2,1-2H3/t43-,44-/m0/s1. The minimum absolute atomic E-state index is 0.0439. The Kier molecular flexibility index (Phi) is 21.7. The number of benzene rings is 4. The third-order valence-electron chi connectivity index (χ3n) is 10.0. The molecule has 0 radical (unpaired) electrons. The fourth-order valence-electron chi connectivity index (χ4n) is 6.42. The van der Waals surface area contributed by atoms with E-state index in [0.29, 0.717) is 25.9 Å². The maximum atomic E-state index is 13.4. The Balaban J connectivity index is 1.33. The fourth-order valence-corrected chi connectivity index (χ4v) is 6.42. The van der Waals surface area contributed by atoms with Gasteiger partial charge in [0.15, 0.2) is 0 Å². The van der Waals surface area contributed by atoms with Gasteiger partial charge in [0.25, 0.3) is 0 Å². The van der Waals surface area contributed by atoms with Gasteiger partial charge in [-0.3, -0.25) is 0 Å². The molecule has 62 heavy (non-hydrogen) atoms. The van der Waals surface area contributed by atoms with E-state index in [1.165, 1.54) is 19.6 Å². The van der Waals surface area contributed by atoms with Gasteiger partial charge in [-0.05, 0) is 61.8 Å². The predicted molar refractivity (Wildman–Crippen MR) is 235 cm³/mol. The molecule has 2 N–H and O–H groups in total. The van der Waals surface area contributed by atoms with Crippen LogP contribution in [0.5, 0.6) is 0 Å². The van der Waals surface area contributed by atoms with Crippen molar-refractivity contribution in [2.75, 3.05) is 52.4 Å². The number of rotatable bonds is 25. The zero-order chi connectivity index (χ0) is 44.4. The summed E-state index contributed by atoms with van der Waals surface area (Å²) in [5.41, 5.74) is 3.34. The van der Waals surface area contributed by atoms with E-state index in [2.05, 4.69) is 0 Å². The Hall–Kier alpha value is -6.12. The number of ether oxygens (including phenoxy) is 4. The van der Waals surface area contributed by atoms with Gasteiger partial charge >= 0.3 is 24.4 Å². The Morgan fingerprint density at radius 2 is 0.677 bits per heavy atom. The molecular formula is C48H62N4O10. The quantitative estimate of drug-likeness (QED) is 0.0497. The molecule has 0 spiro atoms. The minimum Gasteiger partial charge on any atom is -0.445 e. The maximum Gasteiger partial charge on any atom is 0.410 e. The Morgan fingerprint density at radius 3 is 0.935 bits per heavy atom. The molecule has 14 nitrogen and oxygen atoms in total. The molecule has 14 heteroatoms. The van der Waals surface area contributed by atoms with Gasteiger partial charge < -0.3 is 48.8 Å². The van der Waals surface area contributed by atoms with E-state index in [1.54, 1.807) is 0 Å². The van der Waals surface area contributed by atoms with Gasteiger partial charge in [0.05, 0.1) is 12.2 Å². The molecule has 0 aliphatic carbocycles. The van der Waals surface area contributed by atoms with Crippen molar-refractivity contribution in [3.8, 4) is 0 Å². The van der Waals surface area contributed by atoms with Crippen LogP contribution < -0.4 is 0 Å². The molecule has 4 aromatic carbocycles. The largest absolute Gasteiger partial charge is 0.445 e. The first-order valence-electron chi connectivity index (χ1n) is 21.3. The number of aliphatic hydroxyl groups is 2. The van der Waals surface area contributed by atoms with Crippen molar-refractivity contribution in [2.24, 2.45) is 0 Å². The van der Waals surface area contributed by atoms with Crippen LogP contribution in [0.4, 0.5) is 19.2 Å². The predicted octanol–water partition coefficient (Wildman–Crippen LogP) is 7.86. The van der Waals surface area contributed by atoms with E-state index in [9.17, 15) is 29.4 Å². The average Bonchev–Trinajstić information content (AvgIpc) is 3.30. The highest BCUT2D eigenvalue weighted by atomic mass is 16.6. The smallest absolute Gasteiger partial charge is 0.410 e. The zero-order valence-corrected chi connectivity index (χ0v) is 36.0. The third-order valence-corrected chi connectivity index (χ3v) is 10.0. The highest BCUT2D eigenvalue weighted by Crippen LogP contribution is 2.13. The van der Waals surface area contributed by atoms with Crippen molar-refractivity contribution >= 4 is 24.4 Å². The molecule has 0 heterocycles. The molecule has 2 atom stereocenters. The lowest BCUT2D eigenvalue weighted by Gasteiger charge is -2.28. The molecule has 4 amide bonds. The van der Waals surface area contributed by atoms with Crippen LogP contribution in [-0.2, 0) is 45.4 Å². The van der Waals surface area contributed by atoms with Gasteiger partial charge in [0, 0.05) is 52.4 Å². The van der Waals surface area contributed by atoms with Gasteiger partial charge in [-0.25, -0.2) is 19.2 Å². The molecule has 0 unspecified atom stereocenters. The fraction of sp³-hybridized carbons (Fsp3) is 0.417. The van der Waals surface area contributed by atoms with Crippen molar-refractivity contribution in [2.45, 2.75) is 78.2 Å². The normalized spacial score (nSPS) is 11.7. The van der Waals surface area contributed by atoms with Crippen molar-refractivity contribution < 1.29 is 48.3 Å². The summed E-state index contributed by atoms with van der Waals surface area (Å²) in [6, 6.07) is 37.3. The van der Waals surface area contributed by atoms with Gasteiger partial charge in [-0.15, -0.1) is 0 Å². The number of carbonyl (C=O) groups is 4. The highest BCUT2D eigenvalue weighted by molar-refractivity contribution is 5.69. The number of amides is 4. The lowest BCUT2D eigenvalue weighted by Crippen LogP contribution is -2.42. The van der Waals surface area contributed by atoms with Crippen LogP contribution in [0.25, 0.3) is 0 Å². The second-order valence-electron chi connectivity index (χ2n) is 14.8. The van der Waals surface area contributed by atoms with Crippen molar-refractivity contribution in [3.05, 3.63) is 144 Å². The first-order valence-corrected chi connectivity index (χ1v) is 21.3. The summed E-state index contributed by atoms with van der Waals surface area (Å²) in [6.45, 7) is 5.48. The van der Waals surface area contributed by atoms with Crippen LogP contribution in [0, 0.1) is 0 Å². The lowest BCUT2D eigenvalue weighted by atomic mass is 10.2. The summed E-state index contributed by atoms with van der Waals surface area (Å²) in [6.07, 6.45) is -2.94. The molecule has 4 aromatic rings. The first kappa shape index (κ1) is 48.5. The topological polar surface area (TPSA) is 159 Å². The summed E-state index contributed by atoms with van der Waals surface area (Å²) in [5.74, 6) is 0. The third kappa shape index (κ3) is 18.2. The summed E-state index contributed by atoms with van der Waals surface area (Å²) in [4.78, 5) is 58.4. The van der Waals surface area contributed by atoms with Gasteiger partial charge in [-0.1, -0.05) is 121 Å². The lowest BCUT2D eigenvalue weighted by molar-refractivity contribution is 0.0536. The zero-order valence-electron chi connectivity index (χ0n) is 36.0. The SMILES string of the molecule is CCN(CC[C@H](O)CN(CCCCN(C[C@@H](O)CCN(CC)C(=O)OCc1ccccc1)C(=O)OCc1ccccc1)C(=O)OCc1ccccc1)C(=O)OCc1ccccc1. The van der Waals surface area contributed by atoms with Crippen LogP contribution in [0.3, 0.4) is 0 Å². The van der Waals surface area contributed by atoms with E-state index in [0.717, 1.165) is 22.3 Å². The van der Waals surface area contributed by atoms with Crippen LogP contribution in [0.15, 0.2) is 121 Å². The number of carbonyl (C=O) groups excluding carboxylic acids is 4. The minimum atomic E-state index is -0.979. The van der Waals surface area contributed by atoms with Crippen molar-refractivity contribution in [1.82, 2.24) is 19.6 Å². The molecule has 334 valence electrons. The maximum absolute atomic E-state index is 13.4. The molecule has 4 rings (SSSR count). The summed E-state index contributed by atoms with van der Waals surface area (Å²) < 4.78 is 22.2. The molecular weight excluding hydrogens is 793 g/mol. The van der Waals surface area contributed by atoms with E-state index in [-0.39, 0.29) is 78.5 Å². The molecule has 0 aromatic heterocycles. The van der Waals surface area contributed by atoms with Gasteiger partial charge in [0.1, 0.15) is 26.4 Å². The number of nitrogens with zero attached hydrogens (tertiary/aromatic N) is 4. The van der Waals surface area contributed by atoms with E-state index >= 15 is 0 Å². The Morgan fingerprint density at radius 1 is 0.419 bits per heavy atom. The number of hydrogen-bond donors (Lipinski definition) is 2. The highest BCUT2D eigenvalue weighted by Gasteiger charge is 2.24. The van der Waals surface area contributed by atoms with E-state index in [4.69, 9.17) is 18.9 Å². The number of hydrogen-bond acceptors (Lipinski definition) is 10. The molecule has 0 aliphatic heterocycles. The Labute approximate surface area is 365 Å². The van der Waals surface area contributed by atoms with Gasteiger partial charge in [-0.2, -0.15) is 0 Å². The van der Waals surface area contributed by atoms with Crippen molar-refractivity contribution in [3.63, 3.8) is 0 Å². The monoisotopic (exact) mass is 854 g/mol. The molecule has 0 saturated carbocycles. The summed E-state index contributed by atoms with van der Waals surface area (Å²) in [7, 11) is 0. The summed E-state index contributed by atoms with van der Waals surface area (Å²) >= 11 is 0. The molecule has 0 fully saturated rings. The van der Waals surface area contributed by atoms with E-state index < -0.39 is 36.6 Å². The van der Waals surface area contributed by atoms with Crippen LogP contribution in [0.2, 0.25) is 0 Å². The summed E-state index contributed by atoms with van der Waals surface area (Å²) in [5, 5.41) is 22.2. The second-order valence-corrected chi connectivity index (χ2v) is 14.8. The van der Waals surface area contributed by atoms with E-state index in [1.807, 2.05) is 135 Å².